The highest BCUT2D eigenvalue weighted by Crippen LogP contribution is 2.13. The van der Waals surface area contributed by atoms with Crippen LogP contribution in [0.3, 0.4) is 0 Å². The molecule has 2 N–H and O–H groups in total. The standard InChI is InChI=1S/C16H29N3O/c1-5-16(6-2,7-3)18-15(20)13-19(4)12-14-10-8-9-11-17-14/h1,14,17H,6-13H2,2-4H3,(H,18,20). The van der Waals surface area contributed by atoms with Gasteiger partial charge in [0.1, 0.15) is 5.54 Å². The molecule has 1 unspecified atom stereocenters. The summed E-state index contributed by atoms with van der Waals surface area (Å²) in [6.45, 7) is 6.44. The Labute approximate surface area is 123 Å². The molecule has 0 saturated carbocycles. The molecule has 1 amide bonds. The van der Waals surface area contributed by atoms with E-state index in [2.05, 4.69) is 21.5 Å². The van der Waals surface area contributed by atoms with Gasteiger partial charge in [-0.05, 0) is 39.3 Å². The molecule has 1 fully saturated rings. The van der Waals surface area contributed by atoms with Crippen molar-refractivity contribution in [2.75, 3.05) is 26.7 Å². The summed E-state index contributed by atoms with van der Waals surface area (Å²) in [6.07, 6.45) is 10.8. The second kappa shape index (κ2) is 8.28. The van der Waals surface area contributed by atoms with Gasteiger partial charge < -0.3 is 10.6 Å². The quantitative estimate of drug-likeness (QED) is 0.692. The van der Waals surface area contributed by atoms with Crippen LogP contribution in [0.25, 0.3) is 0 Å². The summed E-state index contributed by atoms with van der Waals surface area (Å²) in [5.74, 6) is 2.76. The van der Waals surface area contributed by atoms with E-state index in [4.69, 9.17) is 6.42 Å². The monoisotopic (exact) mass is 279 g/mol. The maximum absolute atomic E-state index is 12.1. The number of hydrogen-bond acceptors (Lipinski definition) is 3. The van der Waals surface area contributed by atoms with Crippen LogP contribution in [0.4, 0.5) is 0 Å². The normalized spacial score (nSPS) is 19.6. The molecule has 1 aliphatic rings. The Kier molecular flexibility index (Phi) is 7.04. The van der Waals surface area contributed by atoms with Gasteiger partial charge in [-0.25, -0.2) is 0 Å². The Bertz CT molecular complexity index is 338. The molecule has 0 aromatic carbocycles. The van der Waals surface area contributed by atoms with Gasteiger partial charge in [0.25, 0.3) is 0 Å². The lowest BCUT2D eigenvalue weighted by molar-refractivity contribution is -0.123. The molecule has 1 rings (SSSR count). The van der Waals surface area contributed by atoms with Crippen LogP contribution in [0.5, 0.6) is 0 Å². The van der Waals surface area contributed by atoms with E-state index in [0.29, 0.717) is 12.6 Å². The van der Waals surface area contributed by atoms with Gasteiger partial charge in [0.15, 0.2) is 0 Å². The Morgan fingerprint density at radius 1 is 1.45 bits per heavy atom. The van der Waals surface area contributed by atoms with E-state index < -0.39 is 5.54 Å². The third kappa shape index (κ3) is 5.15. The molecule has 1 aliphatic heterocycles. The molecule has 1 heterocycles. The summed E-state index contributed by atoms with van der Waals surface area (Å²) >= 11 is 0. The third-order valence-electron chi connectivity index (χ3n) is 4.22. The SMILES string of the molecule is C#CC(CC)(CC)NC(=O)CN(C)CC1CCCCN1. The van der Waals surface area contributed by atoms with Gasteiger partial charge in [0, 0.05) is 12.6 Å². The Morgan fingerprint density at radius 3 is 2.65 bits per heavy atom. The van der Waals surface area contributed by atoms with Gasteiger partial charge in [-0.15, -0.1) is 6.42 Å². The average Bonchev–Trinajstić information content (AvgIpc) is 2.45. The molecule has 1 atom stereocenters. The highest BCUT2D eigenvalue weighted by molar-refractivity contribution is 5.79. The lowest BCUT2D eigenvalue weighted by Gasteiger charge is -2.30. The minimum atomic E-state index is -0.485. The van der Waals surface area contributed by atoms with Crippen molar-refractivity contribution < 1.29 is 4.79 Å². The van der Waals surface area contributed by atoms with Crippen LogP contribution in [0, 0.1) is 12.3 Å². The molecule has 0 aromatic rings. The van der Waals surface area contributed by atoms with Crippen molar-refractivity contribution in [2.45, 2.75) is 57.5 Å². The predicted molar refractivity (Wildman–Crippen MR) is 83.4 cm³/mol. The number of terminal acetylenes is 1. The summed E-state index contributed by atoms with van der Waals surface area (Å²) in [5, 5.41) is 6.51. The summed E-state index contributed by atoms with van der Waals surface area (Å²) in [7, 11) is 1.99. The first-order valence-electron chi connectivity index (χ1n) is 7.76. The van der Waals surface area contributed by atoms with Crippen LogP contribution in [-0.2, 0) is 4.79 Å². The number of piperidine rings is 1. The summed E-state index contributed by atoms with van der Waals surface area (Å²) in [5.41, 5.74) is -0.485. The highest BCUT2D eigenvalue weighted by atomic mass is 16.2. The van der Waals surface area contributed by atoms with Gasteiger partial charge in [0.05, 0.1) is 6.54 Å². The fraction of sp³-hybridized carbons (Fsp3) is 0.812. The number of nitrogens with one attached hydrogen (secondary N) is 2. The van der Waals surface area contributed by atoms with Crippen LogP contribution in [0.2, 0.25) is 0 Å². The van der Waals surface area contributed by atoms with Gasteiger partial charge in [-0.1, -0.05) is 26.2 Å². The van der Waals surface area contributed by atoms with E-state index in [1.165, 1.54) is 19.3 Å². The van der Waals surface area contributed by atoms with Crippen molar-refractivity contribution in [3.05, 3.63) is 0 Å². The zero-order valence-electron chi connectivity index (χ0n) is 13.2. The maximum atomic E-state index is 12.1. The van der Waals surface area contributed by atoms with Crippen molar-refractivity contribution in [1.82, 2.24) is 15.5 Å². The van der Waals surface area contributed by atoms with E-state index in [1.54, 1.807) is 0 Å². The number of rotatable bonds is 7. The van der Waals surface area contributed by atoms with Gasteiger partial charge >= 0.3 is 0 Å². The van der Waals surface area contributed by atoms with E-state index >= 15 is 0 Å². The molecule has 0 spiro atoms. The highest BCUT2D eigenvalue weighted by Gasteiger charge is 2.26. The van der Waals surface area contributed by atoms with Crippen molar-refractivity contribution in [3.8, 4) is 12.3 Å². The molecule has 114 valence electrons. The lowest BCUT2D eigenvalue weighted by atomic mass is 9.94. The Balaban J connectivity index is 2.39. The Morgan fingerprint density at radius 2 is 2.15 bits per heavy atom. The van der Waals surface area contributed by atoms with Crippen molar-refractivity contribution in [3.63, 3.8) is 0 Å². The maximum Gasteiger partial charge on any atom is 0.235 e. The average molecular weight is 279 g/mol. The molecule has 0 aliphatic carbocycles. The zero-order valence-corrected chi connectivity index (χ0v) is 13.2. The van der Waals surface area contributed by atoms with E-state index in [1.807, 2.05) is 20.9 Å². The first-order valence-corrected chi connectivity index (χ1v) is 7.76. The molecule has 0 bridgehead atoms. The first kappa shape index (κ1) is 17.0. The number of likely N-dealkylation sites (N-methyl/N-ethyl adjacent to an activating group) is 1. The number of nitrogens with zero attached hydrogens (tertiary/aromatic N) is 1. The smallest absolute Gasteiger partial charge is 0.235 e. The van der Waals surface area contributed by atoms with Gasteiger partial charge in [-0.2, -0.15) is 0 Å². The second-order valence-corrected chi connectivity index (χ2v) is 5.83. The second-order valence-electron chi connectivity index (χ2n) is 5.83. The van der Waals surface area contributed by atoms with E-state index in [-0.39, 0.29) is 5.91 Å². The summed E-state index contributed by atoms with van der Waals surface area (Å²) in [6, 6.07) is 0.510. The lowest BCUT2D eigenvalue weighted by Crippen LogP contribution is -2.51. The van der Waals surface area contributed by atoms with E-state index in [0.717, 1.165) is 25.9 Å². The number of amides is 1. The van der Waals surface area contributed by atoms with Crippen LogP contribution in [0.15, 0.2) is 0 Å². The van der Waals surface area contributed by atoms with Crippen LogP contribution >= 0.6 is 0 Å². The van der Waals surface area contributed by atoms with Crippen LogP contribution in [0.1, 0.15) is 46.0 Å². The molecule has 0 radical (unpaired) electrons. The zero-order chi connectivity index (χ0) is 15.0. The number of carbonyl (C=O) groups is 1. The molecule has 20 heavy (non-hydrogen) atoms. The van der Waals surface area contributed by atoms with Crippen molar-refractivity contribution in [2.24, 2.45) is 0 Å². The topological polar surface area (TPSA) is 44.4 Å². The molecule has 1 saturated heterocycles. The number of carbonyl (C=O) groups excluding carboxylic acids is 1. The first-order chi connectivity index (χ1) is 9.55. The molecular weight excluding hydrogens is 250 g/mol. The minimum absolute atomic E-state index is 0.0185. The van der Waals surface area contributed by atoms with Crippen LogP contribution < -0.4 is 10.6 Å². The largest absolute Gasteiger partial charge is 0.339 e. The molecule has 4 nitrogen and oxygen atoms in total. The summed E-state index contributed by atoms with van der Waals surface area (Å²) < 4.78 is 0. The third-order valence-corrected chi connectivity index (χ3v) is 4.22. The predicted octanol–water partition coefficient (Wildman–Crippen LogP) is 1.37. The minimum Gasteiger partial charge on any atom is -0.339 e. The van der Waals surface area contributed by atoms with Gasteiger partial charge in [0.2, 0.25) is 5.91 Å². The Hall–Kier alpha value is -1.05. The molecular formula is C16H29N3O. The fourth-order valence-electron chi connectivity index (χ4n) is 2.74. The fourth-order valence-corrected chi connectivity index (χ4v) is 2.74. The van der Waals surface area contributed by atoms with Gasteiger partial charge in [-0.3, -0.25) is 9.69 Å². The molecule has 4 heteroatoms. The molecule has 0 aromatic heterocycles. The van der Waals surface area contributed by atoms with Crippen LogP contribution in [-0.4, -0.2) is 49.1 Å². The van der Waals surface area contributed by atoms with Crippen molar-refractivity contribution >= 4 is 5.91 Å². The van der Waals surface area contributed by atoms with E-state index in [9.17, 15) is 4.79 Å². The summed E-state index contributed by atoms with van der Waals surface area (Å²) in [4.78, 5) is 14.2. The van der Waals surface area contributed by atoms with Crippen molar-refractivity contribution in [1.29, 1.82) is 0 Å². The number of hydrogen-bond donors (Lipinski definition) is 2.